The van der Waals surface area contributed by atoms with Crippen LogP contribution in [0.5, 0.6) is 0 Å². The number of aryl methyl sites for hydroxylation is 1. The van der Waals surface area contributed by atoms with Crippen molar-refractivity contribution in [3.8, 4) is 22.5 Å². The lowest BCUT2D eigenvalue weighted by molar-refractivity contribution is 0.433. The molecule has 0 amide bonds. The molecule has 3 nitrogen and oxygen atoms in total. The van der Waals surface area contributed by atoms with Gasteiger partial charge in [0.2, 0.25) is 0 Å². The van der Waals surface area contributed by atoms with E-state index in [1.807, 2.05) is 31.2 Å². The Bertz CT molecular complexity index is 814. The monoisotopic (exact) mass is 346 g/mol. The summed E-state index contributed by atoms with van der Waals surface area (Å²) >= 11 is 3.47. The number of aromatic nitrogens is 1. The molecule has 0 spiro atoms. The Morgan fingerprint density at radius 2 is 1.90 bits per heavy atom. The van der Waals surface area contributed by atoms with Gasteiger partial charge < -0.3 is 10.3 Å². The molecule has 0 saturated carbocycles. The SMILES string of the molecule is Cc1ccc(F)c(-c2onc(N)c2-c2ccccc2Br)c1. The highest BCUT2D eigenvalue weighted by Crippen LogP contribution is 2.40. The molecule has 106 valence electrons. The number of rotatable bonds is 2. The predicted octanol–water partition coefficient (Wildman–Crippen LogP) is 4.80. The van der Waals surface area contributed by atoms with Crippen LogP contribution in [0.15, 0.2) is 51.5 Å². The van der Waals surface area contributed by atoms with E-state index in [1.54, 1.807) is 12.1 Å². The number of nitrogen functional groups attached to an aromatic ring is 1. The third-order valence-electron chi connectivity index (χ3n) is 3.23. The maximum absolute atomic E-state index is 14.1. The zero-order valence-electron chi connectivity index (χ0n) is 11.2. The Hall–Kier alpha value is -2.14. The Morgan fingerprint density at radius 1 is 1.14 bits per heavy atom. The maximum Gasteiger partial charge on any atom is 0.179 e. The van der Waals surface area contributed by atoms with Crippen LogP contribution in [0.4, 0.5) is 10.2 Å². The van der Waals surface area contributed by atoms with E-state index < -0.39 is 0 Å². The van der Waals surface area contributed by atoms with E-state index in [4.69, 9.17) is 10.3 Å². The van der Waals surface area contributed by atoms with E-state index in [0.717, 1.165) is 15.6 Å². The molecular weight excluding hydrogens is 335 g/mol. The first-order valence-electron chi connectivity index (χ1n) is 6.34. The summed E-state index contributed by atoms with van der Waals surface area (Å²) in [7, 11) is 0. The normalized spacial score (nSPS) is 10.8. The van der Waals surface area contributed by atoms with Crippen LogP contribution in [0.3, 0.4) is 0 Å². The van der Waals surface area contributed by atoms with Crippen LogP contribution < -0.4 is 5.73 Å². The molecule has 0 aliphatic heterocycles. The first-order valence-corrected chi connectivity index (χ1v) is 7.14. The standard InChI is InChI=1S/C16H12BrFN2O/c1-9-6-7-13(18)11(8-9)15-14(16(19)20-21-15)10-4-2-3-5-12(10)17/h2-8H,1H3,(H2,19,20). The lowest BCUT2D eigenvalue weighted by atomic mass is 10.00. The number of hydrogen-bond donors (Lipinski definition) is 1. The lowest BCUT2D eigenvalue weighted by Gasteiger charge is -2.06. The van der Waals surface area contributed by atoms with Crippen molar-refractivity contribution in [1.29, 1.82) is 0 Å². The molecule has 2 aromatic carbocycles. The molecule has 5 heteroatoms. The second-order valence-corrected chi connectivity index (χ2v) is 5.59. The van der Waals surface area contributed by atoms with E-state index in [9.17, 15) is 4.39 Å². The quantitative estimate of drug-likeness (QED) is 0.724. The van der Waals surface area contributed by atoms with Crippen LogP contribution in [0.1, 0.15) is 5.56 Å². The summed E-state index contributed by atoms with van der Waals surface area (Å²) < 4.78 is 20.3. The fraction of sp³-hybridized carbons (Fsp3) is 0.0625. The average molecular weight is 347 g/mol. The summed E-state index contributed by atoms with van der Waals surface area (Å²) in [6.07, 6.45) is 0. The minimum atomic E-state index is -0.370. The highest BCUT2D eigenvalue weighted by molar-refractivity contribution is 9.10. The minimum absolute atomic E-state index is 0.234. The molecule has 2 N–H and O–H groups in total. The van der Waals surface area contributed by atoms with Crippen molar-refractivity contribution >= 4 is 21.7 Å². The first kappa shape index (κ1) is 13.8. The zero-order chi connectivity index (χ0) is 15.0. The number of nitrogens with two attached hydrogens (primary N) is 1. The second-order valence-electron chi connectivity index (χ2n) is 4.74. The first-order chi connectivity index (χ1) is 10.1. The van der Waals surface area contributed by atoms with Crippen molar-refractivity contribution in [1.82, 2.24) is 5.16 Å². The molecule has 21 heavy (non-hydrogen) atoms. The summed E-state index contributed by atoms with van der Waals surface area (Å²) in [5.74, 6) is 0.198. The summed E-state index contributed by atoms with van der Waals surface area (Å²) in [5.41, 5.74) is 8.60. The zero-order valence-corrected chi connectivity index (χ0v) is 12.8. The van der Waals surface area contributed by atoms with Gasteiger partial charge in [-0.15, -0.1) is 0 Å². The van der Waals surface area contributed by atoms with Crippen LogP contribution in [0.25, 0.3) is 22.5 Å². The van der Waals surface area contributed by atoms with Gasteiger partial charge in [-0.25, -0.2) is 4.39 Å². The summed E-state index contributed by atoms with van der Waals surface area (Å²) in [6, 6.07) is 12.4. The predicted molar refractivity (Wildman–Crippen MR) is 84.2 cm³/mol. The van der Waals surface area contributed by atoms with Crippen molar-refractivity contribution in [2.45, 2.75) is 6.92 Å². The molecule has 0 unspecified atom stereocenters. The molecule has 0 aliphatic rings. The summed E-state index contributed by atoms with van der Waals surface area (Å²) in [5, 5.41) is 3.80. The van der Waals surface area contributed by atoms with Crippen molar-refractivity contribution in [2.75, 3.05) is 5.73 Å². The number of hydrogen-bond acceptors (Lipinski definition) is 3. The van der Waals surface area contributed by atoms with Gasteiger partial charge in [0, 0.05) is 10.0 Å². The van der Waals surface area contributed by atoms with Gasteiger partial charge in [0.15, 0.2) is 11.6 Å². The fourth-order valence-electron chi connectivity index (χ4n) is 2.22. The van der Waals surface area contributed by atoms with Crippen molar-refractivity contribution in [2.24, 2.45) is 0 Å². The van der Waals surface area contributed by atoms with E-state index in [-0.39, 0.29) is 11.6 Å². The third-order valence-corrected chi connectivity index (χ3v) is 3.92. The summed E-state index contributed by atoms with van der Waals surface area (Å²) in [6.45, 7) is 1.89. The molecule has 0 aliphatic carbocycles. The van der Waals surface area contributed by atoms with Crippen LogP contribution >= 0.6 is 15.9 Å². The molecule has 1 heterocycles. The summed E-state index contributed by atoms with van der Waals surface area (Å²) in [4.78, 5) is 0. The smallest absolute Gasteiger partial charge is 0.179 e. The third kappa shape index (κ3) is 2.45. The Morgan fingerprint density at radius 3 is 2.67 bits per heavy atom. The minimum Gasteiger partial charge on any atom is -0.380 e. The van der Waals surface area contributed by atoms with E-state index >= 15 is 0 Å². The van der Waals surface area contributed by atoms with Crippen molar-refractivity contribution < 1.29 is 8.91 Å². The number of anilines is 1. The highest BCUT2D eigenvalue weighted by atomic mass is 79.9. The number of benzene rings is 2. The molecule has 0 bridgehead atoms. The second kappa shape index (κ2) is 5.33. The molecule has 3 aromatic rings. The van der Waals surface area contributed by atoms with Gasteiger partial charge in [-0.1, -0.05) is 50.9 Å². The van der Waals surface area contributed by atoms with Crippen LogP contribution in [-0.4, -0.2) is 5.16 Å². The molecule has 3 rings (SSSR count). The lowest BCUT2D eigenvalue weighted by Crippen LogP contribution is -1.91. The van der Waals surface area contributed by atoms with Crippen LogP contribution in [0.2, 0.25) is 0 Å². The van der Waals surface area contributed by atoms with Crippen molar-refractivity contribution in [3.63, 3.8) is 0 Å². The Balaban J connectivity index is 2.27. The topological polar surface area (TPSA) is 52.0 Å². The van der Waals surface area contributed by atoms with E-state index in [1.165, 1.54) is 6.07 Å². The molecule has 1 aromatic heterocycles. The molecule has 0 atom stereocenters. The molecule has 0 radical (unpaired) electrons. The van der Waals surface area contributed by atoms with Gasteiger partial charge in [0.1, 0.15) is 5.82 Å². The van der Waals surface area contributed by atoms with Gasteiger partial charge in [-0.2, -0.15) is 0 Å². The van der Waals surface area contributed by atoms with Crippen LogP contribution in [0, 0.1) is 12.7 Å². The molecular formula is C16H12BrFN2O. The number of halogens is 2. The molecule has 0 saturated heterocycles. The van der Waals surface area contributed by atoms with E-state index in [0.29, 0.717) is 16.9 Å². The Kier molecular flexibility index (Phi) is 3.51. The molecule has 0 fully saturated rings. The van der Waals surface area contributed by atoms with Crippen LogP contribution in [-0.2, 0) is 0 Å². The average Bonchev–Trinajstić information content (AvgIpc) is 2.84. The highest BCUT2D eigenvalue weighted by Gasteiger charge is 2.21. The van der Waals surface area contributed by atoms with E-state index in [2.05, 4.69) is 21.1 Å². The van der Waals surface area contributed by atoms with Gasteiger partial charge >= 0.3 is 0 Å². The van der Waals surface area contributed by atoms with Gasteiger partial charge in [0.25, 0.3) is 0 Å². The van der Waals surface area contributed by atoms with Gasteiger partial charge in [-0.3, -0.25) is 0 Å². The van der Waals surface area contributed by atoms with Crippen molar-refractivity contribution in [3.05, 3.63) is 58.3 Å². The fourth-order valence-corrected chi connectivity index (χ4v) is 2.71. The Labute approximate surface area is 129 Å². The maximum atomic E-state index is 14.1. The largest absolute Gasteiger partial charge is 0.380 e. The van der Waals surface area contributed by atoms with Gasteiger partial charge in [0.05, 0.1) is 11.1 Å². The van der Waals surface area contributed by atoms with Gasteiger partial charge in [-0.05, 0) is 25.1 Å². The number of nitrogens with zero attached hydrogens (tertiary/aromatic N) is 1.